The van der Waals surface area contributed by atoms with Gasteiger partial charge in [0.15, 0.2) is 0 Å². The number of alkyl halides is 2. The van der Waals surface area contributed by atoms with Crippen LogP contribution in [0.2, 0.25) is 0 Å². The lowest BCUT2D eigenvalue weighted by atomic mass is 9.85. The summed E-state index contributed by atoms with van der Waals surface area (Å²) in [5.41, 5.74) is 0.471. The van der Waals surface area contributed by atoms with E-state index in [1.807, 2.05) is 58.9 Å². The van der Waals surface area contributed by atoms with Crippen molar-refractivity contribution in [2.75, 3.05) is 26.4 Å². The molecular weight excluding hydrogens is 682 g/mol. The number of benzene rings is 1. The smallest absolute Gasteiger partial charge is 0.315 e. The maximum absolute atomic E-state index is 14.4. The zero-order valence-electron chi connectivity index (χ0n) is 31.5. The summed E-state index contributed by atoms with van der Waals surface area (Å²) in [6.45, 7) is 15.1. The number of halogens is 2. The number of sulfonamides is 1. The van der Waals surface area contributed by atoms with Gasteiger partial charge in [0.05, 0.1) is 6.26 Å². The minimum Gasteiger partial charge on any atom is -0.351 e. The number of nitrogens with zero attached hydrogens (tertiary/aromatic N) is 2. The van der Waals surface area contributed by atoms with Gasteiger partial charge in [0.2, 0.25) is 34.2 Å². The van der Waals surface area contributed by atoms with E-state index >= 15 is 0 Å². The summed E-state index contributed by atoms with van der Waals surface area (Å²) in [5, 5.41) is 11.1. The number of hydrogen-bond donors (Lipinski definition) is 4. The van der Waals surface area contributed by atoms with E-state index in [4.69, 9.17) is 0 Å². The molecule has 1 aromatic rings. The number of carbonyl (C=O) groups is 4. The summed E-state index contributed by atoms with van der Waals surface area (Å²) in [5.74, 6) is -2.22. The van der Waals surface area contributed by atoms with Crippen LogP contribution in [0.15, 0.2) is 24.3 Å². The Morgan fingerprint density at radius 2 is 1.53 bits per heavy atom. The van der Waals surface area contributed by atoms with Gasteiger partial charge in [-0.2, -0.15) is 0 Å². The van der Waals surface area contributed by atoms with Crippen LogP contribution >= 0.6 is 0 Å². The van der Waals surface area contributed by atoms with Crippen LogP contribution in [0, 0.1) is 28.1 Å². The Morgan fingerprint density at radius 3 is 2.02 bits per heavy atom. The van der Waals surface area contributed by atoms with E-state index in [0.29, 0.717) is 12.8 Å². The van der Waals surface area contributed by atoms with E-state index in [0.717, 1.165) is 21.7 Å². The fraction of sp³-hybridized carbons (Fsp3) is 0.722. The van der Waals surface area contributed by atoms with Gasteiger partial charge in [0.1, 0.15) is 18.1 Å². The quantitative estimate of drug-likeness (QED) is 0.259. The van der Waals surface area contributed by atoms with E-state index in [2.05, 4.69) is 21.3 Å². The molecule has 5 amide bonds. The van der Waals surface area contributed by atoms with Crippen LogP contribution in [0.25, 0.3) is 0 Å². The average molecular weight is 739 g/mol. The summed E-state index contributed by atoms with van der Waals surface area (Å²) >= 11 is 0. The van der Waals surface area contributed by atoms with Gasteiger partial charge < -0.3 is 26.2 Å². The van der Waals surface area contributed by atoms with Gasteiger partial charge in [-0.25, -0.2) is 26.3 Å². The maximum atomic E-state index is 14.4. The highest BCUT2D eigenvalue weighted by Crippen LogP contribution is 2.65. The van der Waals surface area contributed by atoms with Crippen molar-refractivity contribution in [2.24, 2.45) is 28.1 Å². The van der Waals surface area contributed by atoms with Crippen molar-refractivity contribution in [1.29, 1.82) is 0 Å². The van der Waals surface area contributed by atoms with Gasteiger partial charge >= 0.3 is 6.03 Å². The molecule has 0 spiro atoms. The van der Waals surface area contributed by atoms with Gasteiger partial charge in [-0.15, -0.1) is 0 Å². The molecule has 51 heavy (non-hydrogen) atoms. The van der Waals surface area contributed by atoms with E-state index in [9.17, 15) is 36.4 Å². The van der Waals surface area contributed by atoms with Crippen LogP contribution in [0.3, 0.4) is 0 Å². The van der Waals surface area contributed by atoms with Crippen LogP contribution in [0.1, 0.15) is 72.9 Å². The van der Waals surface area contributed by atoms with Crippen LogP contribution in [0.4, 0.5) is 13.6 Å². The molecule has 0 radical (unpaired) electrons. The molecule has 4 N–H and O–H groups in total. The van der Waals surface area contributed by atoms with Crippen LogP contribution in [-0.4, -0.2) is 104 Å². The molecule has 3 aliphatic rings. The number of fused-ring (bicyclic) bond motifs is 2. The van der Waals surface area contributed by atoms with Crippen LogP contribution < -0.4 is 21.3 Å². The Bertz CT molecular complexity index is 1580. The summed E-state index contributed by atoms with van der Waals surface area (Å²) in [4.78, 5) is 56.7. The topological polar surface area (TPSA) is 157 Å². The number of hydrogen-bond acceptors (Lipinski definition) is 6. The summed E-state index contributed by atoms with van der Waals surface area (Å²) < 4.78 is 53.0. The van der Waals surface area contributed by atoms with Crippen molar-refractivity contribution < 1.29 is 36.4 Å². The number of nitrogens with one attached hydrogen (secondary N) is 4. The molecule has 286 valence electrons. The average Bonchev–Trinajstić information content (AvgIpc) is 3.33. The van der Waals surface area contributed by atoms with E-state index in [1.54, 1.807) is 20.8 Å². The van der Waals surface area contributed by atoms with Crippen molar-refractivity contribution in [3.63, 3.8) is 0 Å². The Hall–Kier alpha value is -3.33. The zero-order chi connectivity index (χ0) is 38.4. The fourth-order valence-electron chi connectivity index (χ4n) is 7.52. The van der Waals surface area contributed by atoms with E-state index in [1.165, 1.54) is 11.9 Å². The highest BCUT2D eigenvalue weighted by molar-refractivity contribution is 7.88. The van der Waals surface area contributed by atoms with Gasteiger partial charge in [0, 0.05) is 38.6 Å². The number of likely N-dealkylation sites (N-methyl/N-ethyl adjacent to an activating group) is 1. The molecule has 1 saturated carbocycles. The van der Waals surface area contributed by atoms with E-state index < -0.39 is 81.6 Å². The second kappa shape index (κ2) is 14.6. The molecule has 15 heteroatoms. The Morgan fingerprint density at radius 1 is 0.961 bits per heavy atom. The molecule has 0 unspecified atom stereocenters. The highest BCUT2D eigenvalue weighted by Gasteiger charge is 2.70. The Kier molecular flexibility index (Phi) is 11.6. The lowest BCUT2D eigenvalue weighted by Crippen LogP contribution is -2.63. The molecule has 12 nitrogen and oxygen atoms in total. The summed E-state index contributed by atoms with van der Waals surface area (Å²) in [7, 11) is -2.11. The number of amides is 5. The first-order chi connectivity index (χ1) is 23.3. The molecule has 1 aliphatic heterocycles. The third kappa shape index (κ3) is 9.37. The molecule has 6 atom stereocenters. The van der Waals surface area contributed by atoms with Gasteiger partial charge in [-0.1, -0.05) is 79.7 Å². The predicted molar refractivity (Wildman–Crippen MR) is 190 cm³/mol. The molecular formula is C36H56F2N6O6S. The Labute approximate surface area is 301 Å². The van der Waals surface area contributed by atoms with Gasteiger partial charge in [-0.3, -0.25) is 14.4 Å². The second-order valence-corrected chi connectivity index (χ2v) is 19.4. The normalized spacial score (nSPS) is 23.3. The molecule has 2 aliphatic carbocycles. The lowest BCUT2D eigenvalue weighted by Gasteiger charge is -2.39. The number of rotatable bonds is 12. The lowest BCUT2D eigenvalue weighted by molar-refractivity contribution is -0.144. The van der Waals surface area contributed by atoms with Crippen LogP contribution in [0.5, 0.6) is 0 Å². The van der Waals surface area contributed by atoms with Crippen molar-refractivity contribution in [1.82, 2.24) is 30.5 Å². The number of urea groups is 1. The standard InChI is InChI=1S/C36H56F2N6O6S/c1-34(2,3)25(19-43(9)51(10,49)50)41-33(48)42-29(35(4,5)6)32(47)44-18-23-27(36(23,7)8)28(44)31(46)40-24(17-26(37)38)30(45)39-22-15-20-13-11-12-14-21(20)16-22/h11-14,22-29H,15-19H2,1-10H3,(H,39,45)(H,40,46)(H2,41,42,48)/t23-,24-,25+,27-,28-,29+/m0/s1. The molecule has 0 bridgehead atoms. The second-order valence-electron chi connectivity index (χ2n) is 17.3. The maximum Gasteiger partial charge on any atom is 0.315 e. The van der Waals surface area contributed by atoms with Crippen molar-refractivity contribution in [3.8, 4) is 0 Å². The Balaban J connectivity index is 1.51. The molecule has 2 fully saturated rings. The van der Waals surface area contributed by atoms with Crippen molar-refractivity contribution in [2.45, 2.75) is 111 Å². The van der Waals surface area contributed by atoms with Crippen LogP contribution in [-0.2, 0) is 37.2 Å². The first kappa shape index (κ1) is 40.4. The molecule has 1 heterocycles. The largest absolute Gasteiger partial charge is 0.351 e. The molecule has 0 aromatic heterocycles. The minimum atomic E-state index is -3.53. The first-order valence-corrected chi connectivity index (χ1v) is 19.4. The fourth-order valence-corrected chi connectivity index (χ4v) is 7.94. The number of likely N-dealkylation sites (tertiary alicyclic amines) is 1. The predicted octanol–water partition coefficient (Wildman–Crippen LogP) is 2.91. The van der Waals surface area contributed by atoms with E-state index in [-0.39, 0.29) is 36.4 Å². The third-order valence-corrected chi connectivity index (χ3v) is 12.2. The highest BCUT2D eigenvalue weighted by atomic mass is 32.2. The number of carbonyl (C=O) groups excluding carboxylic acids is 4. The molecule has 1 saturated heterocycles. The van der Waals surface area contributed by atoms with Gasteiger partial charge in [-0.05, 0) is 52.0 Å². The minimum absolute atomic E-state index is 0.00224. The zero-order valence-corrected chi connectivity index (χ0v) is 32.3. The van der Waals surface area contributed by atoms with Crippen molar-refractivity contribution >= 4 is 33.8 Å². The monoisotopic (exact) mass is 738 g/mol. The SMILES string of the molecule is CN(C[C@@H](NC(=O)N[C@H](C(=O)N1C[C@H]2[C@@H]([C@H]1C(=O)N[C@@H](CC(F)F)C(=O)NC1Cc3ccccc3C1)C2(C)C)C(C)(C)C)C(C)(C)C)S(C)(=O)=O. The third-order valence-electron chi connectivity index (χ3n) is 10.9. The number of piperidine rings is 1. The first-order valence-electron chi connectivity index (χ1n) is 17.6. The molecule has 4 rings (SSSR count). The van der Waals surface area contributed by atoms with Crippen molar-refractivity contribution in [3.05, 3.63) is 35.4 Å². The summed E-state index contributed by atoms with van der Waals surface area (Å²) in [6.07, 6.45) is -1.56. The molecule has 1 aromatic carbocycles. The summed E-state index contributed by atoms with van der Waals surface area (Å²) in [6, 6.07) is 2.47. The van der Waals surface area contributed by atoms with Gasteiger partial charge in [0.25, 0.3) is 0 Å².